The summed E-state index contributed by atoms with van der Waals surface area (Å²) in [5, 5.41) is 0. The van der Waals surface area contributed by atoms with E-state index < -0.39 is 0 Å². The summed E-state index contributed by atoms with van der Waals surface area (Å²) < 4.78 is 5.32. The highest BCUT2D eigenvalue weighted by molar-refractivity contribution is 4.92. The zero-order valence-corrected chi connectivity index (χ0v) is 7.26. The van der Waals surface area contributed by atoms with Crippen molar-refractivity contribution in [2.24, 2.45) is 0 Å². The van der Waals surface area contributed by atoms with Crippen LogP contribution in [0.3, 0.4) is 0 Å². The van der Waals surface area contributed by atoms with E-state index in [-0.39, 0.29) is 0 Å². The lowest BCUT2D eigenvalue weighted by atomic mass is 10.2. The van der Waals surface area contributed by atoms with E-state index in [1.165, 1.54) is 19.3 Å². The summed E-state index contributed by atoms with van der Waals surface area (Å²) in [4.78, 5) is 4.03. The summed E-state index contributed by atoms with van der Waals surface area (Å²) in [5.41, 5.74) is 0. The van der Waals surface area contributed by atoms with Crippen molar-refractivity contribution in [2.75, 3.05) is 0 Å². The van der Waals surface area contributed by atoms with Crippen molar-refractivity contribution < 1.29 is 4.42 Å². The molecular weight excluding hydrogens is 138 g/mol. The number of rotatable bonds is 4. The Labute approximate surface area is 67.6 Å². The van der Waals surface area contributed by atoms with Gasteiger partial charge in [-0.3, -0.25) is 0 Å². The van der Waals surface area contributed by atoms with Crippen molar-refractivity contribution >= 4 is 0 Å². The average molecular weight is 153 g/mol. The minimum absolute atomic E-state index is 0.775. The monoisotopic (exact) mass is 153 g/mol. The molecule has 0 spiro atoms. The van der Waals surface area contributed by atoms with Crippen LogP contribution in [0.4, 0.5) is 0 Å². The van der Waals surface area contributed by atoms with E-state index in [0.29, 0.717) is 0 Å². The molecule has 0 radical (unpaired) electrons. The summed E-state index contributed by atoms with van der Waals surface area (Å²) in [7, 11) is 0. The van der Waals surface area contributed by atoms with Gasteiger partial charge in [0.15, 0.2) is 5.89 Å². The molecule has 2 nitrogen and oxygen atoms in total. The molecule has 0 unspecified atom stereocenters. The predicted octanol–water partition coefficient (Wildman–Crippen LogP) is 2.72. The number of oxazole rings is 1. The zero-order valence-electron chi connectivity index (χ0n) is 7.26. The number of hydrogen-bond acceptors (Lipinski definition) is 2. The maximum atomic E-state index is 5.32. The molecule has 0 bridgehead atoms. The largest absolute Gasteiger partial charge is 0.446 e. The third-order valence-electron chi connectivity index (χ3n) is 1.70. The molecule has 1 rings (SSSR count). The van der Waals surface area contributed by atoms with Gasteiger partial charge in [-0.15, -0.1) is 0 Å². The molecule has 0 N–H and O–H groups in total. The van der Waals surface area contributed by atoms with Gasteiger partial charge in [-0.05, 0) is 6.42 Å². The van der Waals surface area contributed by atoms with Gasteiger partial charge in [-0.25, -0.2) is 4.98 Å². The summed E-state index contributed by atoms with van der Waals surface area (Å²) in [5.74, 6) is 1.80. The Morgan fingerprint density at radius 3 is 2.82 bits per heavy atom. The topological polar surface area (TPSA) is 26.0 Å². The van der Waals surface area contributed by atoms with Crippen LogP contribution in [0.25, 0.3) is 0 Å². The van der Waals surface area contributed by atoms with Crippen molar-refractivity contribution in [3.05, 3.63) is 17.8 Å². The summed E-state index contributed by atoms with van der Waals surface area (Å²) in [6.45, 7) is 4.08. The SMILES string of the molecule is CCCCCc1cnc(C)o1. The van der Waals surface area contributed by atoms with Crippen LogP contribution in [0.15, 0.2) is 10.6 Å². The molecule has 2 heteroatoms. The molecule has 1 aromatic heterocycles. The lowest BCUT2D eigenvalue weighted by Crippen LogP contribution is -1.80. The molecule has 0 amide bonds. The van der Waals surface area contributed by atoms with E-state index in [0.717, 1.165) is 18.1 Å². The van der Waals surface area contributed by atoms with Gasteiger partial charge in [0.05, 0.1) is 6.20 Å². The number of nitrogens with zero attached hydrogens (tertiary/aromatic N) is 1. The lowest BCUT2D eigenvalue weighted by Gasteiger charge is -1.92. The van der Waals surface area contributed by atoms with E-state index in [1.54, 1.807) is 0 Å². The first kappa shape index (κ1) is 8.31. The van der Waals surface area contributed by atoms with Crippen molar-refractivity contribution in [1.82, 2.24) is 4.98 Å². The van der Waals surface area contributed by atoms with Crippen LogP contribution in [-0.4, -0.2) is 4.98 Å². The van der Waals surface area contributed by atoms with Crippen LogP contribution in [0.1, 0.15) is 37.8 Å². The molecule has 1 aromatic rings. The van der Waals surface area contributed by atoms with Crippen LogP contribution in [0.5, 0.6) is 0 Å². The third-order valence-corrected chi connectivity index (χ3v) is 1.70. The Balaban J connectivity index is 2.27. The number of hydrogen-bond donors (Lipinski definition) is 0. The minimum Gasteiger partial charge on any atom is -0.446 e. The normalized spacial score (nSPS) is 10.4. The number of aromatic nitrogens is 1. The molecule has 0 atom stereocenters. The molecule has 0 aliphatic carbocycles. The fraction of sp³-hybridized carbons (Fsp3) is 0.667. The Hall–Kier alpha value is -0.790. The zero-order chi connectivity index (χ0) is 8.10. The van der Waals surface area contributed by atoms with E-state index in [9.17, 15) is 0 Å². The standard InChI is InChI=1S/C9H15NO/c1-3-4-5-6-9-7-10-8(2)11-9/h7H,3-6H2,1-2H3. The van der Waals surface area contributed by atoms with Gasteiger partial charge in [0.2, 0.25) is 0 Å². The summed E-state index contributed by atoms with van der Waals surface area (Å²) >= 11 is 0. The van der Waals surface area contributed by atoms with Gasteiger partial charge in [0.1, 0.15) is 5.76 Å². The van der Waals surface area contributed by atoms with E-state index >= 15 is 0 Å². The Kier molecular flexibility index (Phi) is 3.14. The third kappa shape index (κ3) is 2.74. The van der Waals surface area contributed by atoms with Crippen molar-refractivity contribution in [3.8, 4) is 0 Å². The second-order valence-corrected chi connectivity index (χ2v) is 2.80. The molecule has 0 aliphatic heterocycles. The quantitative estimate of drug-likeness (QED) is 0.621. The van der Waals surface area contributed by atoms with E-state index in [2.05, 4.69) is 11.9 Å². The second-order valence-electron chi connectivity index (χ2n) is 2.80. The molecule has 0 fully saturated rings. The summed E-state index contributed by atoms with van der Waals surface area (Å²) in [6.07, 6.45) is 6.61. The van der Waals surface area contributed by atoms with Crippen LogP contribution < -0.4 is 0 Å². The Bertz CT molecular complexity index is 205. The van der Waals surface area contributed by atoms with E-state index in [4.69, 9.17) is 4.42 Å². The minimum atomic E-state index is 0.775. The van der Waals surface area contributed by atoms with Gasteiger partial charge in [-0.1, -0.05) is 19.8 Å². The molecule has 0 saturated heterocycles. The van der Waals surface area contributed by atoms with E-state index in [1.807, 2.05) is 13.1 Å². The molecule has 0 aliphatic rings. The first-order chi connectivity index (χ1) is 5.33. The maximum Gasteiger partial charge on any atom is 0.191 e. The smallest absolute Gasteiger partial charge is 0.191 e. The fourth-order valence-corrected chi connectivity index (χ4v) is 1.07. The highest BCUT2D eigenvalue weighted by Crippen LogP contribution is 2.07. The Morgan fingerprint density at radius 1 is 1.45 bits per heavy atom. The fourth-order valence-electron chi connectivity index (χ4n) is 1.07. The average Bonchev–Trinajstić information content (AvgIpc) is 2.37. The van der Waals surface area contributed by atoms with Gasteiger partial charge < -0.3 is 4.42 Å². The van der Waals surface area contributed by atoms with Crippen LogP contribution in [0.2, 0.25) is 0 Å². The van der Waals surface area contributed by atoms with Crippen LogP contribution >= 0.6 is 0 Å². The van der Waals surface area contributed by atoms with Crippen molar-refractivity contribution in [1.29, 1.82) is 0 Å². The van der Waals surface area contributed by atoms with Gasteiger partial charge in [0.25, 0.3) is 0 Å². The maximum absolute atomic E-state index is 5.32. The first-order valence-electron chi connectivity index (χ1n) is 4.24. The van der Waals surface area contributed by atoms with Gasteiger partial charge in [-0.2, -0.15) is 0 Å². The molecule has 0 aromatic carbocycles. The highest BCUT2D eigenvalue weighted by atomic mass is 16.3. The Morgan fingerprint density at radius 2 is 2.27 bits per heavy atom. The lowest BCUT2D eigenvalue weighted by molar-refractivity contribution is 0.466. The van der Waals surface area contributed by atoms with Crippen LogP contribution in [-0.2, 0) is 6.42 Å². The molecule has 0 saturated carbocycles. The molecule has 1 heterocycles. The second kappa shape index (κ2) is 4.16. The van der Waals surface area contributed by atoms with Crippen LogP contribution in [0, 0.1) is 6.92 Å². The molecule has 62 valence electrons. The van der Waals surface area contributed by atoms with Gasteiger partial charge >= 0.3 is 0 Å². The predicted molar refractivity (Wildman–Crippen MR) is 44.5 cm³/mol. The van der Waals surface area contributed by atoms with Gasteiger partial charge in [0, 0.05) is 13.3 Å². The van der Waals surface area contributed by atoms with Crippen molar-refractivity contribution in [2.45, 2.75) is 39.5 Å². The number of unbranched alkanes of at least 4 members (excludes halogenated alkanes) is 2. The number of aryl methyl sites for hydroxylation is 2. The molecule has 11 heavy (non-hydrogen) atoms. The summed E-state index contributed by atoms with van der Waals surface area (Å²) in [6, 6.07) is 0. The highest BCUT2D eigenvalue weighted by Gasteiger charge is 1.97. The first-order valence-corrected chi connectivity index (χ1v) is 4.24. The molecular formula is C9H15NO. The van der Waals surface area contributed by atoms with Crippen molar-refractivity contribution in [3.63, 3.8) is 0 Å².